The van der Waals surface area contributed by atoms with Crippen LogP contribution in [0.2, 0.25) is 0 Å². The lowest BCUT2D eigenvalue weighted by molar-refractivity contribution is -0.386. The lowest BCUT2D eigenvalue weighted by atomic mass is 10.3. The molecule has 0 spiro atoms. The summed E-state index contributed by atoms with van der Waals surface area (Å²) in [6, 6.07) is 5.51. The summed E-state index contributed by atoms with van der Waals surface area (Å²) in [6.07, 6.45) is 1.58. The Balaban J connectivity index is 2.22. The van der Waals surface area contributed by atoms with Gasteiger partial charge in [-0.3, -0.25) is 15.1 Å². The molecule has 0 N–H and O–H groups in total. The van der Waals surface area contributed by atoms with E-state index in [1.807, 2.05) is 0 Å². The number of rotatable bonds is 4. The fourth-order valence-electron chi connectivity index (χ4n) is 1.42. The van der Waals surface area contributed by atoms with Crippen molar-refractivity contribution < 1.29 is 14.1 Å². The number of hydrogen-bond donors (Lipinski definition) is 0. The number of pyridine rings is 1. The fraction of sp³-hybridized carbons (Fsp3) is 0.0833. The maximum absolute atomic E-state index is 13.4. The Morgan fingerprint density at radius 2 is 2.10 bits per heavy atom. The molecular formula is C12H7Br2FN2O3. The lowest BCUT2D eigenvalue weighted by Crippen LogP contribution is -2.01. The van der Waals surface area contributed by atoms with Gasteiger partial charge in [-0.2, -0.15) is 0 Å². The van der Waals surface area contributed by atoms with Crippen LogP contribution in [0, 0.1) is 15.9 Å². The van der Waals surface area contributed by atoms with Crippen molar-refractivity contribution >= 4 is 37.5 Å². The van der Waals surface area contributed by atoms with Gasteiger partial charge in [-0.05, 0) is 44.0 Å². The first-order valence-electron chi connectivity index (χ1n) is 5.34. The summed E-state index contributed by atoms with van der Waals surface area (Å²) in [6.45, 7) is 0.00912. The van der Waals surface area contributed by atoms with Crippen LogP contribution < -0.4 is 4.74 Å². The number of nitrogens with zero attached hydrogens (tertiary/aromatic N) is 2. The fourth-order valence-corrected chi connectivity index (χ4v) is 1.99. The van der Waals surface area contributed by atoms with E-state index >= 15 is 0 Å². The van der Waals surface area contributed by atoms with E-state index in [9.17, 15) is 14.5 Å². The number of benzene rings is 1. The Morgan fingerprint density at radius 3 is 2.70 bits per heavy atom. The van der Waals surface area contributed by atoms with Crippen molar-refractivity contribution in [3.8, 4) is 5.75 Å². The van der Waals surface area contributed by atoms with Crippen molar-refractivity contribution in [1.29, 1.82) is 0 Å². The number of hydrogen-bond acceptors (Lipinski definition) is 4. The van der Waals surface area contributed by atoms with Gasteiger partial charge in [0.15, 0.2) is 0 Å². The van der Waals surface area contributed by atoms with Crippen molar-refractivity contribution in [2.24, 2.45) is 0 Å². The van der Waals surface area contributed by atoms with E-state index in [1.165, 1.54) is 0 Å². The SMILES string of the molecule is O=[N+]([O-])c1cc(Br)c(F)cc1OCc1ccc(Br)cn1. The summed E-state index contributed by atoms with van der Waals surface area (Å²) >= 11 is 6.14. The molecule has 5 nitrogen and oxygen atoms in total. The predicted octanol–water partition coefficient (Wildman–Crippen LogP) is 4.23. The summed E-state index contributed by atoms with van der Waals surface area (Å²) in [7, 11) is 0. The first-order chi connectivity index (χ1) is 9.47. The summed E-state index contributed by atoms with van der Waals surface area (Å²) in [5.74, 6) is -0.769. The van der Waals surface area contributed by atoms with Crippen LogP contribution in [0.5, 0.6) is 5.75 Å². The molecule has 104 valence electrons. The monoisotopic (exact) mass is 404 g/mol. The first-order valence-corrected chi connectivity index (χ1v) is 6.92. The highest BCUT2D eigenvalue weighted by atomic mass is 79.9. The molecule has 0 fully saturated rings. The van der Waals surface area contributed by atoms with Gasteiger partial charge in [0.1, 0.15) is 12.4 Å². The molecule has 1 aromatic carbocycles. The molecule has 20 heavy (non-hydrogen) atoms. The Hall–Kier alpha value is -1.54. The van der Waals surface area contributed by atoms with Gasteiger partial charge in [0, 0.05) is 22.8 Å². The molecule has 0 unspecified atom stereocenters. The third kappa shape index (κ3) is 3.51. The average molecular weight is 406 g/mol. The van der Waals surface area contributed by atoms with Crippen molar-refractivity contribution in [3.05, 3.63) is 61.0 Å². The minimum absolute atomic E-state index is 0.00912. The van der Waals surface area contributed by atoms with Crippen LogP contribution in [0.15, 0.2) is 39.4 Å². The van der Waals surface area contributed by atoms with E-state index < -0.39 is 10.7 Å². The molecule has 0 bridgehead atoms. The average Bonchev–Trinajstić information content (AvgIpc) is 2.41. The maximum Gasteiger partial charge on any atom is 0.312 e. The Morgan fingerprint density at radius 1 is 1.35 bits per heavy atom. The van der Waals surface area contributed by atoms with Crippen molar-refractivity contribution in [1.82, 2.24) is 4.98 Å². The zero-order chi connectivity index (χ0) is 14.7. The molecule has 1 heterocycles. The number of halogens is 3. The number of aromatic nitrogens is 1. The van der Waals surface area contributed by atoms with Crippen LogP contribution >= 0.6 is 31.9 Å². The second-order valence-electron chi connectivity index (χ2n) is 3.75. The predicted molar refractivity (Wildman–Crippen MR) is 77.0 cm³/mol. The summed E-state index contributed by atoms with van der Waals surface area (Å²) in [4.78, 5) is 14.3. The third-order valence-electron chi connectivity index (χ3n) is 2.36. The Kier molecular flexibility index (Phi) is 4.66. The molecule has 2 aromatic rings. The van der Waals surface area contributed by atoms with Crippen LogP contribution in [0.25, 0.3) is 0 Å². The molecule has 1 aromatic heterocycles. The van der Waals surface area contributed by atoms with Crippen molar-refractivity contribution in [2.75, 3.05) is 0 Å². The first kappa shape index (κ1) is 14.9. The largest absolute Gasteiger partial charge is 0.480 e. The van der Waals surface area contributed by atoms with Crippen molar-refractivity contribution in [2.45, 2.75) is 6.61 Å². The molecule has 0 aliphatic carbocycles. The molecule has 0 radical (unpaired) electrons. The normalized spacial score (nSPS) is 10.3. The number of nitro benzene ring substituents is 1. The third-order valence-corrected chi connectivity index (χ3v) is 3.44. The topological polar surface area (TPSA) is 65.3 Å². The van der Waals surface area contributed by atoms with Crippen LogP contribution in [0.3, 0.4) is 0 Å². The second kappa shape index (κ2) is 6.27. The Labute approximate surface area is 130 Å². The van der Waals surface area contributed by atoms with Gasteiger partial charge in [0.2, 0.25) is 5.75 Å². The summed E-state index contributed by atoms with van der Waals surface area (Å²) < 4.78 is 19.5. The number of nitro groups is 1. The van der Waals surface area contributed by atoms with Crippen LogP contribution in [0.4, 0.5) is 10.1 Å². The molecule has 2 rings (SSSR count). The van der Waals surface area contributed by atoms with E-state index in [2.05, 4.69) is 36.8 Å². The minimum atomic E-state index is -0.630. The quantitative estimate of drug-likeness (QED) is 0.563. The second-order valence-corrected chi connectivity index (χ2v) is 5.52. The van der Waals surface area contributed by atoms with Gasteiger partial charge >= 0.3 is 5.69 Å². The standard InChI is InChI=1S/C12H7Br2FN2O3/c13-7-1-2-8(16-5-7)6-20-12-4-10(15)9(14)3-11(12)17(18)19/h1-5H,6H2. The van der Waals surface area contributed by atoms with Crippen LogP contribution in [0.1, 0.15) is 5.69 Å². The molecular weight excluding hydrogens is 399 g/mol. The van der Waals surface area contributed by atoms with Gasteiger partial charge in [0.25, 0.3) is 0 Å². The summed E-state index contributed by atoms with van der Waals surface area (Å²) in [5.41, 5.74) is 0.265. The highest BCUT2D eigenvalue weighted by Crippen LogP contribution is 2.32. The zero-order valence-electron chi connectivity index (χ0n) is 9.85. The molecule has 0 saturated carbocycles. The van der Waals surface area contributed by atoms with Gasteiger partial charge < -0.3 is 4.74 Å². The molecule has 0 amide bonds. The Bertz CT molecular complexity index is 650. The van der Waals surface area contributed by atoms with E-state index in [4.69, 9.17) is 4.74 Å². The van der Waals surface area contributed by atoms with E-state index in [0.717, 1.165) is 16.6 Å². The zero-order valence-corrected chi connectivity index (χ0v) is 13.0. The highest BCUT2D eigenvalue weighted by Gasteiger charge is 2.19. The minimum Gasteiger partial charge on any atom is -0.480 e. The molecule has 0 atom stereocenters. The molecule has 0 aliphatic heterocycles. The van der Waals surface area contributed by atoms with E-state index in [0.29, 0.717) is 5.69 Å². The smallest absolute Gasteiger partial charge is 0.312 e. The van der Waals surface area contributed by atoms with Crippen molar-refractivity contribution in [3.63, 3.8) is 0 Å². The highest BCUT2D eigenvalue weighted by molar-refractivity contribution is 9.10. The maximum atomic E-state index is 13.4. The van der Waals surface area contributed by atoms with Gasteiger partial charge in [0.05, 0.1) is 15.1 Å². The summed E-state index contributed by atoms with van der Waals surface area (Å²) in [5, 5.41) is 10.9. The molecule has 8 heteroatoms. The lowest BCUT2D eigenvalue weighted by Gasteiger charge is -2.07. The van der Waals surface area contributed by atoms with Crippen LogP contribution in [-0.4, -0.2) is 9.91 Å². The van der Waals surface area contributed by atoms with E-state index in [-0.39, 0.29) is 22.5 Å². The molecule has 0 aliphatic rings. The molecule has 0 saturated heterocycles. The van der Waals surface area contributed by atoms with E-state index in [1.54, 1.807) is 18.3 Å². The van der Waals surface area contributed by atoms with Gasteiger partial charge in [-0.15, -0.1) is 0 Å². The number of ether oxygens (including phenoxy) is 1. The van der Waals surface area contributed by atoms with Crippen LogP contribution in [-0.2, 0) is 6.61 Å². The van der Waals surface area contributed by atoms with Gasteiger partial charge in [-0.25, -0.2) is 4.39 Å². The van der Waals surface area contributed by atoms with Gasteiger partial charge in [-0.1, -0.05) is 0 Å².